The SMILES string of the molecule is CCCCn1nnc(CO)c1-c1ccco1. The van der Waals surface area contributed by atoms with Gasteiger partial charge in [-0.3, -0.25) is 0 Å². The molecule has 1 N–H and O–H groups in total. The highest BCUT2D eigenvalue weighted by atomic mass is 16.3. The molecule has 0 fully saturated rings. The highest BCUT2D eigenvalue weighted by Gasteiger charge is 2.15. The minimum atomic E-state index is -0.123. The van der Waals surface area contributed by atoms with Crippen molar-refractivity contribution < 1.29 is 9.52 Å². The van der Waals surface area contributed by atoms with Crippen molar-refractivity contribution in [3.63, 3.8) is 0 Å². The molecule has 0 saturated heterocycles. The number of aliphatic hydroxyl groups excluding tert-OH is 1. The van der Waals surface area contributed by atoms with Gasteiger partial charge in [0.25, 0.3) is 0 Å². The number of rotatable bonds is 5. The third-order valence-electron chi connectivity index (χ3n) is 2.43. The Morgan fingerprint density at radius 2 is 2.38 bits per heavy atom. The number of unbranched alkanes of at least 4 members (excludes halogenated alkanes) is 1. The molecule has 0 amide bonds. The van der Waals surface area contributed by atoms with Crippen molar-refractivity contribution in [2.45, 2.75) is 32.9 Å². The van der Waals surface area contributed by atoms with Gasteiger partial charge in [-0.15, -0.1) is 5.10 Å². The van der Waals surface area contributed by atoms with Crippen LogP contribution in [-0.2, 0) is 13.2 Å². The molecular formula is C11H15N3O2. The summed E-state index contributed by atoms with van der Waals surface area (Å²) in [5.74, 6) is 0.699. The van der Waals surface area contributed by atoms with Crippen LogP contribution in [0.25, 0.3) is 11.5 Å². The minimum Gasteiger partial charge on any atom is -0.463 e. The fourth-order valence-electron chi connectivity index (χ4n) is 1.60. The first-order valence-electron chi connectivity index (χ1n) is 5.44. The Hall–Kier alpha value is -1.62. The first kappa shape index (κ1) is 10.9. The van der Waals surface area contributed by atoms with Crippen molar-refractivity contribution in [3.8, 4) is 11.5 Å². The van der Waals surface area contributed by atoms with E-state index in [9.17, 15) is 5.11 Å². The molecule has 2 aromatic rings. The van der Waals surface area contributed by atoms with Crippen LogP contribution in [0.15, 0.2) is 22.8 Å². The zero-order valence-corrected chi connectivity index (χ0v) is 9.26. The largest absolute Gasteiger partial charge is 0.463 e. The van der Waals surface area contributed by atoms with Gasteiger partial charge >= 0.3 is 0 Å². The number of aromatic nitrogens is 3. The van der Waals surface area contributed by atoms with E-state index in [0.29, 0.717) is 11.5 Å². The van der Waals surface area contributed by atoms with Crippen LogP contribution in [0.4, 0.5) is 0 Å². The van der Waals surface area contributed by atoms with Crippen molar-refractivity contribution in [2.24, 2.45) is 0 Å². The highest BCUT2D eigenvalue weighted by Crippen LogP contribution is 2.23. The molecule has 5 nitrogen and oxygen atoms in total. The van der Waals surface area contributed by atoms with E-state index in [-0.39, 0.29) is 6.61 Å². The lowest BCUT2D eigenvalue weighted by Gasteiger charge is -2.03. The standard InChI is InChI=1S/C11H15N3O2/c1-2-3-6-14-11(9(8-15)12-13-14)10-5-4-7-16-10/h4-5,7,15H,2-3,6,8H2,1H3. The molecule has 5 heteroatoms. The predicted octanol–water partition coefficient (Wildman–Crippen LogP) is 1.83. The number of nitrogens with zero attached hydrogens (tertiary/aromatic N) is 3. The maximum Gasteiger partial charge on any atom is 0.153 e. The Kier molecular flexibility index (Phi) is 3.36. The molecular weight excluding hydrogens is 206 g/mol. The van der Waals surface area contributed by atoms with Crippen LogP contribution < -0.4 is 0 Å². The maximum atomic E-state index is 9.20. The van der Waals surface area contributed by atoms with Gasteiger partial charge < -0.3 is 9.52 Å². The van der Waals surface area contributed by atoms with Gasteiger partial charge in [0.05, 0.1) is 12.9 Å². The van der Waals surface area contributed by atoms with Crippen molar-refractivity contribution in [1.29, 1.82) is 0 Å². The average Bonchev–Trinajstić information content (AvgIpc) is 2.94. The molecule has 0 aromatic carbocycles. The summed E-state index contributed by atoms with van der Waals surface area (Å²) in [7, 11) is 0. The fraction of sp³-hybridized carbons (Fsp3) is 0.455. The molecule has 0 bridgehead atoms. The maximum absolute atomic E-state index is 9.20. The summed E-state index contributed by atoms with van der Waals surface area (Å²) in [5, 5.41) is 17.2. The quantitative estimate of drug-likeness (QED) is 0.836. The number of hydrogen-bond donors (Lipinski definition) is 1. The second-order valence-electron chi connectivity index (χ2n) is 3.60. The van der Waals surface area contributed by atoms with E-state index in [1.54, 1.807) is 10.9 Å². The molecule has 86 valence electrons. The Morgan fingerprint density at radius 3 is 3.00 bits per heavy atom. The monoisotopic (exact) mass is 221 g/mol. The molecule has 16 heavy (non-hydrogen) atoms. The van der Waals surface area contributed by atoms with Crippen LogP contribution >= 0.6 is 0 Å². The number of hydrogen-bond acceptors (Lipinski definition) is 4. The number of aryl methyl sites for hydroxylation is 1. The second-order valence-corrected chi connectivity index (χ2v) is 3.60. The van der Waals surface area contributed by atoms with E-state index < -0.39 is 0 Å². The molecule has 0 aliphatic carbocycles. The zero-order valence-electron chi connectivity index (χ0n) is 9.26. The molecule has 0 aliphatic heterocycles. The van der Waals surface area contributed by atoms with Gasteiger partial charge in [0, 0.05) is 6.54 Å². The Labute approximate surface area is 93.7 Å². The van der Waals surface area contributed by atoms with Crippen molar-refractivity contribution in [1.82, 2.24) is 15.0 Å². The predicted molar refractivity (Wildman–Crippen MR) is 58.6 cm³/mol. The minimum absolute atomic E-state index is 0.123. The van der Waals surface area contributed by atoms with Gasteiger partial charge in [-0.1, -0.05) is 18.6 Å². The third-order valence-corrected chi connectivity index (χ3v) is 2.43. The fourth-order valence-corrected chi connectivity index (χ4v) is 1.60. The van der Waals surface area contributed by atoms with E-state index in [1.807, 2.05) is 12.1 Å². The van der Waals surface area contributed by atoms with Crippen LogP contribution in [0.1, 0.15) is 25.5 Å². The lowest BCUT2D eigenvalue weighted by molar-refractivity contribution is 0.277. The van der Waals surface area contributed by atoms with Crippen LogP contribution in [-0.4, -0.2) is 20.1 Å². The van der Waals surface area contributed by atoms with Gasteiger partial charge in [-0.05, 0) is 18.6 Å². The molecule has 0 saturated carbocycles. The number of furan rings is 1. The topological polar surface area (TPSA) is 64.1 Å². The number of aliphatic hydroxyl groups is 1. The summed E-state index contributed by atoms with van der Waals surface area (Å²) in [4.78, 5) is 0. The van der Waals surface area contributed by atoms with Crippen LogP contribution in [0, 0.1) is 0 Å². The van der Waals surface area contributed by atoms with Crippen LogP contribution in [0.5, 0.6) is 0 Å². The lowest BCUT2D eigenvalue weighted by atomic mass is 10.2. The molecule has 0 aliphatic rings. The van der Waals surface area contributed by atoms with Gasteiger partial charge in [-0.25, -0.2) is 4.68 Å². The van der Waals surface area contributed by atoms with Crippen molar-refractivity contribution in [3.05, 3.63) is 24.1 Å². The molecule has 2 heterocycles. The zero-order chi connectivity index (χ0) is 11.4. The summed E-state index contributed by atoms with van der Waals surface area (Å²) >= 11 is 0. The average molecular weight is 221 g/mol. The Morgan fingerprint density at radius 1 is 1.50 bits per heavy atom. The summed E-state index contributed by atoms with van der Waals surface area (Å²) in [5.41, 5.74) is 1.34. The Bertz CT molecular complexity index is 434. The molecule has 2 aromatic heterocycles. The summed E-state index contributed by atoms with van der Waals surface area (Å²) in [6.07, 6.45) is 3.72. The van der Waals surface area contributed by atoms with Crippen LogP contribution in [0.2, 0.25) is 0 Å². The molecule has 0 unspecified atom stereocenters. The molecule has 2 rings (SSSR count). The second kappa shape index (κ2) is 4.94. The smallest absolute Gasteiger partial charge is 0.153 e. The van der Waals surface area contributed by atoms with E-state index in [1.165, 1.54) is 0 Å². The van der Waals surface area contributed by atoms with E-state index >= 15 is 0 Å². The van der Waals surface area contributed by atoms with Gasteiger partial charge in [0.1, 0.15) is 11.4 Å². The van der Waals surface area contributed by atoms with E-state index in [0.717, 1.165) is 25.1 Å². The lowest BCUT2D eigenvalue weighted by Crippen LogP contribution is -2.02. The van der Waals surface area contributed by atoms with Crippen LogP contribution in [0.3, 0.4) is 0 Å². The summed E-state index contributed by atoms with van der Waals surface area (Å²) < 4.78 is 7.11. The van der Waals surface area contributed by atoms with E-state index in [2.05, 4.69) is 17.2 Å². The molecule has 0 atom stereocenters. The molecule has 0 radical (unpaired) electrons. The van der Waals surface area contributed by atoms with Crippen molar-refractivity contribution >= 4 is 0 Å². The summed E-state index contributed by atoms with van der Waals surface area (Å²) in [6.45, 7) is 2.79. The highest BCUT2D eigenvalue weighted by molar-refractivity contribution is 5.54. The third kappa shape index (κ3) is 1.99. The van der Waals surface area contributed by atoms with E-state index in [4.69, 9.17) is 4.42 Å². The first-order chi connectivity index (χ1) is 7.86. The summed E-state index contributed by atoms with van der Waals surface area (Å²) in [6, 6.07) is 3.66. The molecule has 0 spiro atoms. The van der Waals surface area contributed by atoms with Gasteiger partial charge in [0.2, 0.25) is 0 Å². The normalized spacial score (nSPS) is 10.9. The Balaban J connectivity index is 2.35. The van der Waals surface area contributed by atoms with Crippen molar-refractivity contribution in [2.75, 3.05) is 0 Å². The first-order valence-corrected chi connectivity index (χ1v) is 5.44. The van der Waals surface area contributed by atoms with Gasteiger partial charge in [0.15, 0.2) is 5.76 Å². The van der Waals surface area contributed by atoms with Gasteiger partial charge in [-0.2, -0.15) is 0 Å².